The van der Waals surface area contributed by atoms with E-state index in [2.05, 4.69) is 41.5 Å². The van der Waals surface area contributed by atoms with Gasteiger partial charge < -0.3 is 33.8 Å². The topological polar surface area (TPSA) is 237 Å². The Morgan fingerprint density at radius 1 is 0.308 bits per heavy atom. The highest BCUT2D eigenvalue weighted by molar-refractivity contribution is 7.47. The Morgan fingerprint density at radius 3 is 0.780 bits per heavy atom. The van der Waals surface area contributed by atoms with Crippen molar-refractivity contribution in [2.75, 3.05) is 39.6 Å². The second kappa shape index (κ2) is 64.1. The van der Waals surface area contributed by atoms with Gasteiger partial charge in [-0.15, -0.1) is 0 Å². The second-order valence-corrected chi connectivity index (χ2v) is 29.4. The highest BCUT2D eigenvalue weighted by Gasteiger charge is 2.30. The third-order valence-corrected chi connectivity index (χ3v) is 19.3. The van der Waals surface area contributed by atoms with Crippen molar-refractivity contribution in [3.8, 4) is 0 Å². The number of aliphatic hydroxyl groups excluding tert-OH is 1. The van der Waals surface area contributed by atoms with E-state index in [1.165, 1.54) is 180 Å². The molecule has 0 fully saturated rings. The predicted octanol–water partition coefficient (Wildman–Crippen LogP) is 20.8. The first-order valence-corrected chi connectivity index (χ1v) is 40.6. The van der Waals surface area contributed by atoms with E-state index >= 15 is 0 Å². The van der Waals surface area contributed by atoms with Crippen LogP contribution in [0.2, 0.25) is 0 Å². The van der Waals surface area contributed by atoms with Crippen LogP contribution in [0.4, 0.5) is 0 Å². The standard InChI is InChI=1S/C72H140O17P2/c1-7-11-13-15-17-19-20-23-27-30-37-43-49-55-70(75)83-61-68(88-71(76)56-50-44-38-31-28-25-22-21-24-26-29-34-40-46-52-64(5)9-3)63-87-91(80,81)85-59-66(73)58-84-90(78,79)86-62-67(60-82-69(74)54-48-42-36-18-16-14-12-8-2)89-72(77)57-51-45-39-33-32-35-41-47-53-65(6)10-4/h64-68,73H,7-63H2,1-6H3,(H,78,79)(H,80,81)/t64?,65?,66-,67+,68+/m0/s1. The smallest absolute Gasteiger partial charge is 0.462 e. The lowest BCUT2D eigenvalue weighted by atomic mass is 9.99. The maximum atomic E-state index is 13.0. The third kappa shape index (κ3) is 63.9. The van der Waals surface area contributed by atoms with Crippen LogP contribution in [0.5, 0.6) is 0 Å². The Kier molecular flexibility index (Phi) is 62.7. The summed E-state index contributed by atoms with van der Waals surface area (Å²) in [6.07, 6.45) is 49.8. The summed E-state index contributed by atoms with van der Waals surface area (Å²) in [5.74, 6) is -0.508. The fourth-order valence-corrected chi connectivity index (χ4v) is 12.5. The Hall–Kier alpha value is -1.94. The summed E-state index contributed by atoms with van der Waals surface area (Å²) in [4.78, 5) is 72.5. The fourth-order valence-electron chi connectivity index (χ4n) is 10.9. The first kappa shape index (κ1) is 89.1. The monoisotopic (exact) mass is 1340 g/mol. The molecule has 0 aliphatic heterocycles. The van der Waals surface area contributed by atoms with Crippen molar-refractivity contribution in [1.29, 1.82) is 0 Å². The third-order valence-electron chi connectivity index (χ3n) is 17.4. The van der Waals surface area contributed by atoms with Gasteiger partial charge in [-0.2, -0.15) is 0 Å². The summed E-state index contributed by atoms with van der Waals surface area (Å²) in [5, 5.41) is 10.6. The summed E-state index contributed by atoms with van der Waals surface area (Å²) in [5.41, 5.74) is 0. The number of aliphatic hydroxyl groups is 1. The first-order valence-electron chi connectivity index (χ1n) is 37.6. The van der Waals surface area contributed by atoms with Crippen LogP contribution in [0.25, 0.3) is 0 Å². The van der Waals surface area contributed by atoms with E-state index < -0.39 is 97.5 Å². The van der Waals surface area contributed by atoms with Gasteiger partial charge in [0.25, 0.3) is 0 Å². The van der Waals surface area contributed by atoms with Crippen LogP contribution >= 0.6 is 15.6 Å². The highest BCUT2D eigenvalue weighted by Crippen LogP contribution is 2.45. The van der Waals surface area contributed by atoms with E-state index in [1.54, 1.807) is 0 Å². The molecular weight excluding hydrogens is 1200 g/mol. The van der Waals surface area contributed by atoms with Crippen LogP contribution in [-0.2, 0) is 65.4 Å². The number of rotatable bonds is 71. The van der Waals surface area contributed by atoms with Crippen LogP contribution in [0.15, 0.2) is 0 Å². The maximum absolute atomic E-state index is 13.0. The van der Waals surface area contributed by atoms with Gasteiger partial charge in [-0.25, -0.2) is 9.13 Å². The van der Waals surface area contributed by atoms with E-state index in [0.29, 0.717) is 25.7 Å². The zero-order valence-electron chi connectivity index (χ0n) is 59.1. The van der Waals surface area contributed by atoms with Gasteiger partial charge >= 0.3 is 39.5 Å². The molecule has 3 N–H and O–H groups in total. The zero-order chi connectivity index (χ0) is 67.2. The molecular formula is C72H140O17P2. The second-order valence-electron chi connectivity index (χ2n) is 26.5. The minimum atomic E-state index is -4.95. The van der Waals surface area contributed by atoms with Crippen LogP contribution in [0, 0.1) is 11.8 Å². The molecule has 0 aromatic rings. The summed E-state index contributed by atoms with van der Waals surface area (Å²) < 4.78 is 68.3. The predicted molar refractivity (Wildman–Crippen MR) is 368 cm³/mol. The first-order chi connectivity index (χ1) is 43.9. The van der Waals surface area contributed by atoms with E-state index in [-0.39, 0.29) is 25.7 Å². The lowest BCUT2D eigenvalue weighted by molar-refractivity contribution is -0.161. The molecule has 0 saturated heterocycles. The van der Waals surface area contributed by atoms with Gasteiger partial charge in [0, 0.05) is 25.7 Å². The number of hydrogen-bond acceptors (Lipinski definition) is 15. The van der Waals surface area contributed by atoms with Crippen LogP contribution in [0.3, 0.4) is 0 Å². The van der Waals surface area contributed by atoms with Crippen molar-refractivity contribution in [3.63, 3.8) is 0 Å². The van der Waals surface area contributed by atoms with Crippen molar-refractivity contribution in [2.45, 2.75) is 387 Å². The summed E-state index contributed by atoms with van der Waals surface area (Å²) >= 11 is 0. The van der Waals surface area contributed by atoms with Gasteiger partial charge in [-0.3, -0.25) is 37.3 Å². The minimum absolute atomic E-state index is 0.105. The summed E-state index contributed by atoms with van der Waals surface area (Å²) in [6, 6.07) is 0. The quantitative estimate of drug-likeness (QED) is 0.0222. The molecule has 0 aliphatic carbocycles. The van der Waals surface area contributed by atoms with Gasteiger partial charge in [-0.05, 0) is 37.5 Å². The number of hydrogen-bond donors (Lipinski definition) is 3. The molecule has 0 heterocycles. The Morgan fingerprint density at radius 2 is 0.527 bits per heavy atom. The van der Waals surface area contributed by atoms with Gasteiger partial charge in [0.2, 0.25) is 0 Å². The van der Waals surface area contributed by atoms with Crippen LogP contribution in [0.1, 0.15) is 369 Å². The Bertz CT molecular complexity index is 1770. The van der Waals surface area contributed by atoms with Gasteiger partial charge in [0.05, 0.1) is 26.4 Å². The van der Waals surface area contributed by atoms with Crippen molar-refractivity contribution in [1.82, 2.24) is 0 Å². The highest BCUT2D eigenvalue weighted by atomic mass is 31.2. The molecule has 0 aromatic heterocycles. The van der Waals surface area contributed by atoms with Crippen molar-refractivity contribution >= 4 is 39.5 Å². The number of ether oxygens (including phenoxy) is 4. The Balaban J connectivity index is 5.22. The molecule has 0 amide bonds. The summed E-state index contributed by atoms with van der Waals surface area (Å²) in [6.45, 7) is 9.59. The minimum Gasteiger partial charge on any atom is -0.462 e. The SMILES string of the molecule is CCCCCCCCCCCCCCCC(=O)OC[C@H](COP(=O)(O)OC[C@@H](O)COP(=O)(O)OC[C@@H](COC(=O)CCCCCCCCCC)OC(=O)CCCCCCCCCCC(C)CC)OC(=O)CCCCCCCCCCCCCCCCC(C)CC. The van der Waals surface area contributed by atoms with Gasteiger partial charge in [0.15, 0.2) is 12.2 Å². The van der Waals surface area contributed by atoms with E-state index in [9.17, 15) is 43.2 Å². The fraction of sp³-hybridized carbons (Fsp3) is 0.944. The molecule has 0 rings (SSSR count). The molecule has 0 aliphatic rings. The van der Waals surface area contributed by atoms with E-state index in [4.69, 9.17) is 37.0 Å². The molecule has 540 valence electrons. The zero-order valence-corrected chi connectivity index (χ0v) is 60.9. The number of carbonyl (C=O) groups excluding carboxylic acids is 4. The maximum Gasteiger partial charge on any atom is 0.472 e. The largest absolute Gasteiger partial charge is 0.472 e. The number of phosphoric acid groups is 2. The number of carbonyl (C=O) groups is 4. The van der Waals surface area contributed by atoms with E-state index in [1.807, 2.05) is 0 Å². The van der Waals surface area contributed by atoms with Gasteiger partial charge in [0.1, 0.15) is 19.3 Å². The number of esters is 4. The molecule has 0 bridgehead atoms. The molecule has 91 heavy (non-hydrogen) atoms. The molecule has 7 atom stereocenters. The lowest BCUT2D eigenvalue weighted by Crippen LogP contribution is -2.30. The van der Waals surface area contributed by atoms with Crippen molar-refractivity contribution in [2.24, 2.45) is 11.8 Å². The normalized spacial score (nSPS) is 14.7. The molecule has 0 spiro atoms. The average molecular weight is 1340 g/mol. The summed E-state index contributed by atoms with van der Waals surface area (Å²) in [7, 11) is -9.90. The Labute approximate surface area is 556 Å². The van der Waals surface area contributed by atoms with Crippen molar-refractivity contribution in [3.05, 3.63) is 0 Å². The van der Waals surface area contributed by atoms with Gasteiger partial charge in [-0.1, -0.05) is 318 Å². The van der Waals surface area contributed by atoms with Crippen molar-refractivity contribution < 1.29 is 80.2 Å². The average Bonchev–Trinajstić information content (AvgIpc) is 3.68. The molecule has 0 aromatic carbocycles. The lowest BCUT2D eigenvalue weighted by Gasteiger charge is -2.21. The molecule has 17 nitrogen and oxygen atoms in total. The van der Waals surface area contributed by atoms with Crippen LogP contribution in [-0.4, -0.2) is 96.7 Å². The number of unbranched alkanes of at least 4 members (excludes halogenated alkanes) is 39. The molecule has 0 saturated carbocycles. The molecule has 4 unspecified atom stereocenters. The molecule has 19 heteroatoms. The van der Waals surface area contributed by atoms with E-state index in [0.717, 1.165) is 108 Å². The number of phosphoric ester groups is 2. The van der Waals surface area contributed by atoms with Crippen LogP contribution < -0.4 is 0 Å². The molecule has 0 radical (unpaired) electrons.